The van der Waals surface area contributed by atoms with Crippen molar-refractivity contribution < 1.29 is 5.21 Å². The second-order valence-electron chi connectivity index (χ2n) is 3.45. The van der Waals surface area contributed by atoms with Crippen molar-refractivity contribution in [1.82, 2.24) is 19.8 Å². The first-order valence-electron chi connectivity index (χ1n) is 4.92. The Balaban J connectivity index is 2.06. The third-order valence-electron chi connectivity index (χ3n) is 2.33. The molecule has 2 heterocycles. The van der Waals surface area contributed by atoms with E-state index in [0.717, 1.165) is 15.5 Å². The van der Waals surface area contributed by atoms with Gasteiger partial charge in [-0.1, -0.05) is 40.2 Å². The first-order chi connectivity index (χ1) is 8.78. The molecule has 3 rings (SSSR count). The van der Waals surface area contributed by atoms with Gasteiger partial charge in [0, 0.05) is 11.1 Å². The zero-order chi connectivity index (χ0) is 12.5. The molecule has 6 nitrogen and oxygen atoms in total. The van der Waals surface area contributed by atoms with Gasteiger partial charge in [0.15, 0.2) is 0 Å². The van der Waals surface area contributed by atoms with Gasteiger partial charge >= 0.3 is 0 Å². The molecule has 0 unspecified atom stereocenters. The number of fused-ring (bicyclic) bond motifs is 1. The van der Waals surface area contributed by atoms with E-state index in [2.05, 4.69) is 20.5 Å². The standard InChI is InChI=1S/C10H6ClN5OS/c11-8-3-6(1-2-7(8)4-13-17)9-15-16-5-12-14-10(16)18-9/h1-5,17H/b13-4+. The van der Waals surface area contributed by atoms with Crippen LogP contribution in [0, 0.1) is 0 Å². The Morgan fingerprint density at radius 2 is 2.33 bits per heavy atom. The summed E-state index contributed by atoms with van der Waals surface area (Å²) in [6.07, 6.45) is 2.83. The molecule has 0 atom stereocenters. The van der Waals surface area contributed by atoms with Gasteiger partial charge in [-0.05, 0) is 6.07 Å². The van der Waals surface area contributed by atoms with E-state index in [-0.39, 0.29) is 0 Å². The minimum absolute atomic E-state index is 0.497. The Morgan fingerprint density at radius 3 is 3.06 bits per heavy atom. The highest BCUT2D eigenvalue weighted by molar-refractivity contribution is 7.19. The summed E-state index contributed by atoms with van der Waals surface area (Å²) in [6.45, 7) is 0. The number of hydrogen-bond donors (Lipinski definition) is 1. The van der Waals surface area contributed by atoms with E-state index in [9.17, 15) is 0 Å². The number of hydrogen-bond acceptors (Lipinski definition) is 6. The van der Waals surface area contributed by atoms with Gasteiger partial charge in [-0.15, -0.1) is 10.2 Å². The molecule has 1 N–H and O–H groups in total. The van der Waals surface area contributed by atoms with Gasteiger partial charge in [-0.25, -0.2) is 0 Å². The van der Waals surface area contributed by atoms with Gasteiger partial charge in [0.1, 0.15) is 11.3 Å². The van der Waals surface area contributed by atoms with E-state index >= 15 is 0 Å². The highest BCUT2D eigenvalue weighted by Gasteiger charge is 2.09. The monoisotopic (exact) mass is 279 g/mol. The molecule has 0 saturated heterocycles. The average Bonchev–Trinajstić information content (AvgIpc) is 2.92. The molecule has 0 fully saturated rings. The fraction of sp³-hybridized carbons (Fsp3) is 0. The Kier molecular flexibility index (Phi) is 2.69. The molecule has 0 aliphatic rings. The summed E-state index contributed by atoms with van der Waals surface area (Å²) >= 11 is 7.49. The Labute approximate surface area is 110 Å². The third kappa shape index (κ3) is 1.83. The van der Waals surface area contributed by atoms with E-state index in [4.69, 9.17) is 16.8 Å². The molecule has 3 aromatic rings. The topological polar surface area (TPSA) is 75.7 Å². The summed E-state index contributed by atoms with van der Waals surface area (Å²) in [5, 5.41) is 24.7. The summed E-state index contributed by atoms with van der Waals surface area (Å²) < 4.78 is 1.61. The molecule has 90 valence electrons. The van der Waals surface area contributed by atoms with Crippen molar-refractivity contribution >= 4 is 34.1 Å². The van der Waals surface area contributed by atoms with E-state index in [1.165, 1.54) is 17.6 Å². The lowest BCUT2D eigenvalue weighted by Gasteiger charge is -1.99. The second kappa shape index (κ2) is 4.35. The number of benzene rings is 1. The van der Waals surface area contributed by atoms with Gasteiger partial charge < -0.3 is 5.21 Å². The van der Waals surface area contributed by atoms with Gasteiger partial charge in [-0.2, -0.15) is 9.61 Å². The maximum absolute atomic E-state index is 8.48. The lowest BCUT2D eigenvalue weighted by Crippen LogP contribution is -1.86. The molecule has 2 aromatic heterocycles. The maximum atomic E-state index is 8.48. The average molecular weight is 280 g/mol. The van der Waals surface area contributed by atoms with Gasteiger partial charge in [0.2, 0.25) is 4.96 Å². The third-order valence-corrected chi connectivity index (χ3v) is 3.62. The summed E-state index contributed by atoms with van der Waals surface area (Å²) in [5.74, 6) is 0. The van der Waals surface area contributed by atoms with Crippen LogP contribution in [0.25, 0.3) is 15.5 Å². The second-order valence-corrected chi connectivity index (χ2v) is 4.81. The van der Waals surface area contributed by atoms with Crippen molar-refractivity contribution in [3.8, 4) is 10.6 Å². The fourth-order valence-corrected chi connectivity index (χ4v) is 2.55. The Morgan fingerprint density at radius 1 is 1.44 bits per heavy atom. The van der Waals surface area contributed by atoms with Crippen molar-refractivity contribution in [2.75, 3.05) is 0 Å². The molecule has 0 aliphatic heterocycles. The van der Waals surface area contributed by atoms with Crippen LogP contribution in [0.4, 0.5) is 0 Å². The van der Waals surface area contributed by atoms with Crippen LogP contribution in [0.3, 0.4) is 0 Å². The number of aromatic nitrogens is 4. The molecule has 0 saturated carbocycles. The predicted octanol–water partition coefficient (Wildman–Crippen LogP) is 2.31. The molecule has 0 bridgehead atoms. The summed E-state index contributed by atoms with van der Waals surface area (Å²) in [6, 6.07) is 5.39. The molecule has 0 spiro atoms. The summed E-state index contributed by atoms with van der Waals surface area (Å²) in [4.78, 5) is 0.724. The van der Waals surface area contributed by atoms with Crippen LogP contribution in [0.15, 0.2) is 29.7 Å². The van der Waals surface area contributed by atoms with Crippen molar-refractivity contribution in [3.63, 3.8) is 0 Å². The largest absolute Gasteiger partial charge is 0.411 e. The van der Waals surface area contributed by atoms with Crippen LogP contribution in [0.1, 0.15) is 5.56 Å². The Hall–Kier alpha value is -1.99. The van der Waals surface area contributed by atoms with E-state index in [0.29, 0.717) is 10.6 Å². The zero-order valence-electron chi connectivity index (χ0n) is 8.86. The van der Waals surface area contributed by atoms with Crippen LogP contribution < -0.4 is 0 Å². The highest BCUT2D eigenvalue weighted by atomic mass is 35.5. The molecule has 0 radical (unpaired) electrons. The molecule has 18 heavy (non-hydrogen) atoms. The predicted molar refractivity (Wildman–Crippen MR) is 68.5 cm³/mol. The molecule has 0 amide bonds. The van der Waals surface area contributed by atoms with E-state index in [1.807, 2.05) is 6.07 Å². The molecule has 1 aromatic carbocycles. The number of rotatable bonds is 2. The highest BCUT2D eigenvalue weighted by Crippen LogP contribution is 2.28. The summed E-state index contributed by atoms with van der Waals surface area (Å²) in [5.41, 5.74) is 1.52. The molecular formula is C10H6ClN5OS. The van der Waals surface area contributed by atoms with Crippen LogP contribution >= 0.6 is 22.9 Å². The molecule has 8 heteroatoms. The number of oxime groups is 1. The lowest BCUT2D eigenvalue weighted by atomic mass is 10.1. The molecular weight excluding hydrogens is 274 g/mol. The van der Waals surface area contributed by atoms with Crippen LogP contribution in [-0.4, -0.2) is 31.2 Å². The van der Waals surface area contributed by atoms with Crippen molar-refractivity contribution in [1.29, 1.82) is 0 Å². The van der Waals surface area contributed by atoms with Crippen molar-refractivity contribution in [3.05, 3.63) is 35.1 Å². The number of halogens is 1. The fourth-order valence-electron chi connectivity index (χ4n) is 1.50. The minimum atomic E-state index is 0.497. The lowest BCUT2D eigenvalue weighted by molar-refractivity contribution is 0.322. The first kappa shape index (κ1) is 11.1. The van der Waals surface area contributed by atoms with Crippen molar-refractivity contribution in [2.24, 2.45) is 5.16 Å². The quantitative estimate of drug-likeness (QED) is 0.444. The van der Waals surface area contributed by atoms with Crippen LogP contribution in [-0.2, 0) is 0 Å². The normalized spacial score (nSPS) is 11.6. The maximum Gasteiger partial charge on any atom is 0.234 e. The van der Waals surface area contributed by atoms with Crippen LogP contribution in [0.2, 0.25) is 5.02 Å². The Bertz CT molecular complexity index is 706. The van der Waals surface area contributed by atoms with Gasteiger partial charge in [0.25, 0.3) is 0 Å². The van der Waals surface area contributed by atoms with Gasteiger partial charge in [0.05, 0.1) is 11.2 Å². The van der Waals surface area contributed by atoms with E-state index < -0.39 is 0 Å². The van der Waals surface area contributed by atoms with E-state index in [1.54, 1.807) is 23.0 Å². The van der Waals surface area contributed by atoms with Gasteiger partial charge in [-0.3, -0.25) is 0 Å². The molecule has 0 aliphatic carbocycles. The van der Waals surface area contributed by atoms with Crippen LogP contribution in [0.5, 0.6) is 0 Å². The zero-order valence-corrected chi connectivity index (χ0v) is 10.4. The number of nitrogens with zero attached hydrogens (tertiary/aromatic N) is 5. The minimum Gasteiger partial charge on any atom is -0.411 e. The van der Waals surface area contributed by atoms with Crippen molar-refractivity contribution in [2.45, 2.75) is 0 Å². The smallest absolute Gasteiger partial charge is 0.234 e. The summed E-state index contributed by atoms with van der Waals surface area (Å²) in [7, 11) is 0. The first-order valence-corrected chi connectivity index (χ1v) is 6.11. The SMILES string of the molecule is O/N=C/c1ccc(-c2nn3cnnc3s2)cc1Cl.